The molecule has 0 aliphatic carbocycles. The minimum Gasteiger partial charge on any atom is -0.466 e. The van der Waals surface area contributed by atoms with Crippen LogP contribution in [0.3, 0.4) is 0 Å². The van der Waals surface area contributed by atoms with E-state index in [1.54, 1.807) is 0 Å². The summed E-state index contributed by atoms with van der Waals surface area (Å²) in [5.41, 5.74) is 0.896. The molecule has 0 unspecified atom stereocenters. The van der Waals surface area contributed by atoms with Gasteiger partial charge >= 0.3 is 12.6 Å². The highest BCUT2D eigenvalue weighted by atomic mass is 35.5. The maximum Gasteiger partial charge on any atom is 0.387 e. The quantitative estimate of drug-likeness (QED) is 0.612. The van der Waals surface area contributed by atoms with Gasteiger partial charge in [-0.25, -0.2) is 4.79 Å². The van der Waals surface area contributed by atoms with Gasteiger partial charge in [-0.05, 0) is 17.7 Å². The summed E-state index contributed by atoms with van der Waals surface area (Å²) in [6.07, 6.45) is 0.224. The van der Waals surface area contributed by atoms with E-state index >= 15 is 0 Å². The molecule has 0 fully saturated rings. The van der Waals surface area contributed by atoms with E-state index < -0.39 is 12.6 Å². The standard InChI is InChI=1S/C12H11ClF2O3/c1-7(11(16)17-2)5-8-3-4-10(9(13)6-8)18-12(14)15/h3-4,6,12H,1,5H2,2H3. The maximum atomic E-state index is 12.0. The van der Waals surface area contributed by atoms with E-state index in [1.165, 1.54) is 25.3 Å². The van der Waals surface area contributed by atoms with Crippen molar-refractivity contribution in [1.82, 2.24) is 0 Å². The van der Waals surface area contributed by atoms with Gasteiger partial charge in [0.1, 0.15) is 5.75 Å². The molecule has 98 valence electrons. The number of rotatable bonds is 5. The first-order valence-corrected chi connectivity index (χ1v) is 5.31. The van der Waals surface area contributed by atoms with Crippen molar-refractivity contribution < 1.29 is 23.0 Å². The summed E-state index contributed by atoms with van der Waals surface area (Å²) < 4.78 is 32.7. The van der Waals surface area contributed by atoms with Crippen molar-refractivity contribution in [2.45, 2.75) is 13.0 Å². The van der Waals surface area contributed by atoms with E-state index in [0.29, 0.717) is 5.56 Å². The number of esters is 1. The fraction of sp³-hybridized carbons (Fsp3) is 0.250. The Hall–Kier alpha value is -1.62. The number of carbonyl (C=O) groups is 1. The third kappa shape index (κ3) is 4.00. The highest BCUT2D eigenvalue weighted by Crippen LogP contribution is 2.27. The van der Waals surface area contributed by atoms with Crippen LogP contribution in [0.15, 0.2) is 30.4 Å². The van der Waals surface area contributed by atoms with Gasteiger partial charge in [-0.3, -0.25) is 0 Å². The molecule has 0 aliphatic heterocycles. The van der Waals surface area contributed by atoms with Crippen LogP contribution in [0.5, 0.6) is 5.75 Å². The third-order valence-corrected chi connectivity index (χ3v) is 2.40. The first-order valence-electron chi connectivity index (χ1n) is 4.93. The van der Waals surface area contributed by atoms with Crippen molar-refractivity contribution >= 4 is 17.6 Å². The zero-order chi connectivity index (χ0) is 13.7. The minimum absolute atomic E-state index is 0.0467. The van der Waals surface area contributed by atoms with E-state index in [0.717, 1.165) is 0 Å². The molecule has 0 saturated heterocycles. The van der Waals surface area contributed by atoms with Gasteiger partial charge in [0.25, 0.3) is 0 Å². The number of hydrogen-bond donors (Lipinski definition) is 0. The highest BCUT2D eigenvalue weighted by molar-refractivity contribution is 6.32. The molecule has 3 nitrogen and oxygen atoms in total. The largest absolute Gasteiger partial charge is 0.466 e. The maximum absolute atomic E-state index is 12.0. The number of methoxy groups -OCH3 is 1. The predicted octanol–water partition coefficient (Wildman–Crippen LogP) is 3.21. The second kappa shape index (κ2) is 6.35. The lowest BCUT2D eigenvalue weighted by Gasteiger charge is -2.09. The molecule has 1 aromatic carbocycles. The molecule has 0 bridgehead atoms. The smallest absolute Gasteiger partial charge is 0.387 e. The van der Waals surface area contributed by atoms with Crippen LogP contribution in [0.4, 0.5) is 8.78 Å². The molecule has 0 atom stereocenters. The summed E-state index contributed by atoms with van der Waals surface area (Å²) in [6.45, 7) is 0.620. The van der Waals surface area contributed by atoms with Crippen LogP contribution in [-0.4, -0.2) is 19.7 Å². The van der Waals surface area contributed by atoms with Gasteiger partial charge in [0.15, 0.2) is 0 Å². The zero-order valence-corrected chi connectivity index (χ0v) is 10.3. The Bertz CT molecular complexity index is 461. The molecule has 0 radical (unpaired) electrons. The number of hydrogen-bond acceptors (Lipinski definition) is 3. The van der Waals surface area contributed by atoms with Crippen molar-refractivity contribution in [1.29, 1.82) is 0 Å². The molecule has 6 heteroatoms. The van der Waals surface area contributed by atoms with Gasteiger partial charge in [0.2, 0.25) is 0 Å². The Kier molecular flexibility index (Phi) is 5.09. The molecule has 18 heavy (non-hydrogen) atoms. The number of carbonyl (C=O) groups excluding carboxylic acids is 1. The molecule has 0 N–H and O–H groups in total. The molecule has 1 rings (SSSR count). The van der Waals surface area contributed by atoms with Gasteiger partial charge in [-0.15, -0.1) is 0 Å². The Balaban J connectivity index is 2.78. The number of alkyl halides is 2. The van der Waals surface area contributed by atoms with E-state index in [9.17, 15) is 13.6 Å². The summed E-state index contributed by atoms with van der Waals surface area (Å²) in [4.78, 5) is 11.1. The SMILES string of the molecule is C=C(Cc1ccc(OC(F)F)c(Cl)c1)C(=O)OC. The lowest BCUT2D eigenvalue weighted by atomic mass is 10.1. The molecule has 0 saturated carbocycles. The number of benzene rings is 1. The van der Waals surface area contributed by atoms with Crippen LogP contribution in [-0.2, 0) is 16.0 Å². The first kappa shape index (κ1) is 14.4. The van der Waals surface area contributed by atoms with Gasteiger partial charge < -0.3 is 9.47 Å². The fourth-order valence-electron chi connectivity index (χ4n) is 1.31. The minimum atomic E-state index is -2.93. The number of halogens is 3. The molecule has 0 aromatic heterocycles. The Morgan fingerprint density at radius 1 is 1.50 bits per heavy atom. The van der Waals surface area contributed by atoms with E-state index in [1.807, 2.05) is 0 Å². The van der Waals surface area contributed by atoms with Crippen LogP contribution < -0.4 is 4.74 Å². The van der Waals surface area contributed by atoms with Crippen LogP contribution >= 0.6 is 11.6 Å². The van der Waals surface area contributed by atoms with Crippen molar-refractivity contribution in [3.63, 3.8) is 0 Å². The average molecular weight is 277 g/mol. The first-order chi connectivity index (χ1) is 8.43. The monoisotopic (exact) mass is 276 g/mol. The molecular weight excluding hydrogens is 266 g/mol. The Labute approximate surface area is 108 Å². The van der Waals surface area contributed by atoms with Crippen LogP contribution in [0.25, 0.3) is 0 Å². The van der Waals surface area contributed by atoms with Gasteiger partial charge in [0.05, 0.1) is 12.1 Å². The van der Waals surface area contributed by atoms with E-state index in [4.69, 9.17) is 11.6 Å². The Morgan fingerprint density at radius 2 is 2.17 bits per heavy atom. The second-order valence-electron chi connectivity index (χ2n) is 3.42. The highest BCUT2D eigenvalue weighted by Gasteiger charge is 2.11. The van der Waals surface area contributed by atoms with Gasteiger partial charge in [-0.2, -0.15) is 8.78 Å². The summed E-state index contributed by atoms with van der Waals surface area (Å²) in [5.74, 6) is -0.641. The van der Waals surface area contributed by atoms with Crippen LogP contribution in [0.2, 0.25) is 5.02 Å². The zero-order valence-electron chi connectivity index (χ0n) is 9.58. The lowest BCUT2D eigenvalue weighted by molar-refractivity contribution is -0.136. The van der Waals surface area contributed by atoms with Crippen molar-refractivity contribution in [2.75, 3.05) is 7.11 Å². The van der Waals surface area contributed by atoms with Crippen LogP contribution in [0, 0.1) is 0 Å². The number of ether oxygens (including phenoxy) is 2. The molecular formula is C12H11ClF2O3. The predicted molar refractivity (Wildman–Crippen MR) is 62.9 cm³/mol. The third-order valence-electron chi connectivity index (χ3n) is 2.10. The average Bonchev–Trinajstić information content (AvgIpc) is 2.31. The summed E-state index contributed by atoms with van der Waals surface area (Å²) in [6, 6.07) is 4.28. The van der Waals surface area contributed by atoms with Gasteiger partial charge in [-0.1, -0.05) is 24.2 Å². The second-order valence-corrected chi connectivity index (χ2v) is 3.82. The summed E-state index contributed by atoms with van der Waals surface area (Å²) >= 11 is 5.77. The lowest BCUT2D eigenvalue weighted by Crippen LogP contribution is -2.06. The van der Waals surface area contributed by atoms with Crippen molar-refractivity contribution in [2.24, 2.45) is 0 Å². The topological polar surface area (TPSA) is 35.5 Å². The fourth-order valence-corrected chi connectivity index (χ4v) is 1.56. The van der Waals surface area contributed by atoms with E-state index in [-0.39, 0.29) is 22.8 Å². The van der Waals surface area contributed by atoms with E-state index in [2.05, 4.69) is 16.1 Å². The molecule has 0 aliphatic rings. The molecule has 1 aromatic rings. The molecule has 0 heterocycles. The molecule has 0 amide bonds. The summed E-state index contributed by atoms with van der Waals surface area (Å²) in [7, 11) is 1.25. The van der Waals surface area contributed by atoms with Crippen molar-refractivity contribution in [3.05, 3.63) is 40.9 Å². The normalized spacial score (nSPS) is 10.3. The van der Waals surface area contributed by atoms with Gasteiger partial charge in [0, 0.05) is 12.0 Å². The van der Waals surface area contributed by atoms with Crippen LogP contribution in [0.1, 0.15) is 5.56 Å². The summed E-state index contributed by atoms with van der Waals surface area (Å²) in [5, 5.41) is 0.0467. The Morgan fingerprint density at radius 3 is 2.67 bits per heavy atom. The van der Waals surface area contributed by atoms with Crippen molar-refractivity contribution in [3.8, 4) is 5.75 Å². The molecule has 0 spiro atoms.